The Labute approximate surface area is 139 Å². The monoisotopic (exact) mass is 303 g/mol. The molecular formula is C21H9N3. The first-order valence-corrected chi connectivity index (χ1v) is 7.28. The van der Waals surface area contributed by atoms with Gasteiger partial charge in [-0.15, -0.1) is 0 Å². The Bertz CT molecular complexity index is 899. The van der Waals surface area contributed by atoms with E-state index in [1.54, 1.807) is 37.2 Å². The third kappa shape index (κ3) is 2.73. The quantitative estimate of drug-likeness (QED) is 0.468. The highest BCUT2D eigenvalue weighted by Crippen LogP contribution is 2.10. The van der Waals surface area contributed by atoms with Crippen LogP contribution in [-0.2, 0) is 0 Å². The molecule has 0 N–H and O–H groups in total. The number of aromatic nitrogens is 3. The highest BCUT2D eigenvalue weighted by Gasteiger charge is 2.01. The fourth-order valence-corrected chi connectivity index (χ4v) is 2.21. The summed E-state index contributed by atoms with van der Waals surface area (Å²) < 4.78 is 0. The standard InChI is InChI=1S/C21H9N3/c1-4-19-13-23-11-8-17(19)3-6-21-15-24-12-9-18(21)2-5-20-14-22-10-7-16(1)20/h7-15H. The van der Waals surface area contributed by atoms with Crippen LogP contribution in [0, 0.1) is 35.5 Å². The Kier molecular flexibility index (Phi) is 3.49. The molecule has 3 nitrogen and oxygen atoms in total. The van der Waals surface area contributed by atoms with Crippen LogP contribution in [0.2, 0.25) is 0 Å². The molecule has 0 fully saturated rings. The van der Waals surface area contributed by atoms with Crippen molar-refractivity contribution >= 4 is 0 Å². The molecule has 0 atom stereocenters. The molecule has 108 valence electrons. The Morgan fingerprint density at radius 3 is 1.04 bits per heavy atom. The molecule has 3 aromatic rings. The van der Waals surface area contributed by atoms with Crippen LogP contribution in [0.25, 0.3) is 0 Å². The molecule has 0 bridgehead atoms. The van der Waals surface area contributed by atoms with E-state index < -0.39 is 0 Å². The lowest BCUT2D eigenvalue weighted by Crippen LogP contribution is -1.91. The van der Waals surface area contributed by atoms with Crippen molar-refractivity contribution in [2.45, 2.75) is 0 Å². The Morgan fingerprint density at radius 1 is 0.417 bits per heavy atom. The Hall–Kier alpha value is -3.87. The van der Waals surface area contributed by atoms with Gasteiger partial charge >= 0.3 is 0 Å². The summed E-state index contributed by atoms with van der Waals surface area (Å²) in [5, 5.41) is 0. The largest absolute Gasteiger partial charge is 0.263 e. The van der Waals surface area contributed by atoms with E-state index in [-0.39, 0.29) is 0 Å². The van der Waals surface area contributed by atoms with E-state index >= 15 is 0 Å². The lowest BCUT2D eigenvalue weighted by Gasteiger charge is -1.99. The van der Waals surface area contributed by atoms with Crippen molar-refractivity contribution in [3.05, 3.63) is 88.8 Å². The number of pyridine rings is 3. The van der Waals surface area contributed by atoms with E-state index in [1.165, 1.54) is 0 Å². The summed E-state index contributed by atoms with van der Waals surface area (Å²) in [7, 11) is 0. The third-order valence-electron chi connectivity index (χ3n) is 3.46. The van der Waals surface area contributed by atoms with Crippen LogP contribution in [0.5, 0.6) is 0 Å². The molecule has 3 heteroatoms. The van der Waals surface area contributed by atoms with Gasteiger partial charge in [-0.1, -0.05) is 35.5 Å². The van der Waals surface area contributed by atoms with Crippen molar-refractivity contribution < 1.29 is 0 Å². The zero-order valence-electron chi connectivity index (χ0n) is 12.5. The van der Waals surface area contributed by atoms with Crippen molar-refractivity contribution in [1.29, 1.82) is 0 Å². The zero-order valence-corrected chi connectivity index (χ0v) is 12.5. The summed E-state index contributed by atoms with van der Waals surface area (Å²) in [5.74, 6) is 18.9. The fourth-order valence-electron chi connectivity index (χ4n) is 2.21. The minimum absolute atomic E-state index is 0.784. The molecule has 0 saturated carbocycles. The minimum Gasteiger partial charge on any atom is -0.263 e. The van der Waals surface area contributed by atoms with Gasteiger partial charge in [0.25, 0.3) is 0 Å². The van der Waals surface area contributed by atoms with Gasteiger partial charge in [0.15, 0.2) is 0 Å². The van der Waals surface area contributed by atoms with E-state index in [9.17, 15) is 0 Å². The predicted octanol–water partition coefficient (Wildman–Crippen LogP) is 2.38. The summed E-state index contributed by atoms with van der Waals surface area (Å²) in [6.45, 7) is 0. The molecule has 0 unspecified atom stereocenters. The van der Waals surface area contributed by atoms with E-state index in [2.05, 4.69) is 50.5 Å². The predicted molar refractivity (Wildman–Crippen MR) is 90.7 cm³/mol. The maximum Gasteiger partial charge on any atom is 0.0589 e. The molecule has 0 amide bonds. The lowest BCUT2D eigenvalue weighted by molar-refractivity contribution is 1.29. The molecule has 4 rings (SSSR count). The molecule has 0 aromatic carbocycles. The van der Waals surface area contributed by atoms with Crippen LogP contribution < -0.4 is 0 Å². The second kappa shape index (κ2) is 6.09. The second-order valence-corrected chi connectivity index (χ2v) is 5.01. The van der Waals surface area contributed by atoms with Gasteiger partial charge in [-0.05, 0) is 18.2 Å². The molecule has 24 heavy (non-hydrogen) atoms. The van der Waals surface area contributed by atoms with Crippen LogP contribution in [-0.4, -0.2) is 15.0 Å². The number of nitrogens with zero attached hydrogens (tertiary/aromatic N) is 3. The molecular weight excluding hydrogens is 294 g/mol. The van der Waals surface area contributed by atoms with E-state index in [4.69, 9.17) is 0 Å². The van der Waals surface area contributed by atoms with Crippen LogP contribution in [0.15, 0.2) is 55.4 Å². The molecule has 3 aromatic heterocycles. The first kappa shape index (κ1) is 13.8. The van der Waals surface area contributed by atoms with Crippen molar-refractivity contribution in [2.24, 2.45) is 0 Å². The van der Waals surface area contributed by atoms with Crippen molar-refractivity contribution in [1.82, 2.24) is 15.0 Å². The SMILES string of the molecule is C1#Cc2cnccc2C#Cc2cnccc2C#Cc2cnccc21. The number of fused-ring (bicyclic) bond motifs is 3. The Balaban J connectivity index is 2.03. The summed E-state index contributed by atoms with van der Waals surface area (Å²) in [6.07, 6.45) is 10.3. The minimum atomic E-state index is 0.784. The van der Waals surface area contributed by atoms with Gasteiger partial charge in [0.05, 0.1) is 16.7 Å². The summed E-state index contributed by atoms with van der Waals surface area (Å²) >= 11 is 0. The fraction of sp³-hybridized carbons (Fsp3) is 0. The van der Waals surface area contributed by atoms with Crippen molar-refractivity contribution in [3.8, 4) is 35.5 Å². The summed E-state index contributed by atoms with van der Waals surface area (Å²) in [6, 6.07) is 5.58. The van der Waals surface area contributed by atoms with Crippen molar-refractivity contribution in [3.63, 3.8) is 0 Å². The summed E-state index contributed by atoms with van der Waals surface area (Å²) in [4.78, 5) is 12.4. The highest BCUT2D eigenvalue weighted by atomic mass is 14.6. The third-order valence-corrected chi connectivity index (χ3v) is 3.46. The van der Waals surface area contributed by atoms with Crippen LogP contribution in [0.3, 0.4) is 0 Å². The topological polar surface area (TPSA) is 38.7 Å². The van der Waals surface area contributed by atoms with Crippen LogP contribution in [0.1, 0.15) is 33.4 Å². The van der Waals surface area contributed by atoms with E-state index in [1.807, 2.05) is 18.2 Å². The first-order valence-electron chi connectivity index (χ1n) is 7.28. The summed E-state index contributed by atoms with van der Waals surface area (Å²) in [5.41, 5.74) is 4.84. The van der Waals surface area contributed by atoms with Crippen LogP contribution in [0.4, 0.5) is 0 Å². The zero-order chi connectivity index (χ0) is 16.2. The van der Waals surface area contributed by atoms with E-state index in [0.29, 0.717) is 0 Å². The molecule has 0 aliphatic heterocycles. The van der Waals surface area contributed by atoms with Gasteiger partial charge in [0.1, 0.15) is 0 Å². The average Bonchev–Trinajstić information content (AvgIpc) is 2.64. The molecule has 1 aliphatic rings. The number of hydrogen-bond donors (Lipinski definition) is 0. The van der Waals surface area contributed by atoms with Gasteiger partial charge < -0.3 is 0 Å². The maximum absolute atomic E-state index is 4.14. The number of rotatable bonds is 0. The molecule has 3 heterocycles. The van der Waals surface area contributed by atoms with Gasteiger partial charge in [-0.3, -0.25) is 15.0 Å². The van der Waals surface area contributed by atoms with Crippen molar-refractivity contribution in [2.75, 3.05) is 0 Å². The van der Waals surface area contributed by atoms with E-state index in [0.717, 1.165) is 33.4 Å². The average molecular weight is 303 g/mol. The van der Waals surface area contributed by atoms with Gasteiger partial charge in [0.2, 0.25) is 0 Å². The molecule has 1 aliphatic carbocycles. The lowest BCUT2D eigenvalue weighted by atomic mass is 10.1. The van der Waals surface area contributed by atoms with Gasteiger partial charge in [-0.25, -0.2) is 0 Å². The molecule has 0 spiro atoms. The normalized spacial score (nSPS) is 10.5. The molecule has 0 saturated heterocycles. The number of hydrogen-bond acceptors (Lipinski definition) is 3. The second-order valence-electron chi connectivity index (χ2n) is 5.01. The highest BCUT2D eigenvalue weighted by molar-refractivity contribution is 5.59. The Morgan fingerprint density at radius 2 is 0.708 bits per heavy atom. The van der Waals surface area contributed by atoms with Gasteiger partial charge in [0, 0.05) is 53.9 Å². The van der Waals surface area contributed by atoms with Gasteiger partial charge in [-0.2, -0.15) is 0 Å². The maximum atomic E-state index is 4.14. The molecule has 0 radical (unpaired) electrons. The first-order chi connectivity index (χ1) is 11.9. The smallest absolute Gasteiger partial charge is 0.0589 e. The van der Waals surface area contributed by atoms with Crippen LogP contribution >= 0.6 is 0 Å².